The van der Waals surface area contributed by atoms with Crippen LogP contribution >= 0.6 is 0 Å². The first-order valence-electron chi connectivity index (χ1n) is 19.8. The molecule has 282 valence electrons. The molecule has 0 aliphatic heterocycles. The predicted molar refractivity (Wildman–Crippen MR) is 234 cm³/mol. The van der Waals surface area contributed by atoms with E-state index >= 15 is 0 Å². The van der Waals surface area contributed by atoms with Gasteiger partial charge in [0.2, 0.25) is 0 Å². The summed E-state index contributed by atoms with van der Waals surface area (Å²) in [5.74, 6) is 0. The molecule has 3 aromatic heterocycles. The Labute approximate surface area is 354 Å². The van der Waals surface area contributed by atoms with Gasteiger partial charge in [-0.25, -0.2) is 0 Å². The van der Waals surface area contributed by atoms with Gasteiger partial charge in [-0.1, -0.05) is 96.1 Å². The minimum atomic E-state index is 0. The van der Waals surface area contributed by atoms with Crippen molar-refractivity contribution < 1.29 is 20.1 Å². The van der Waals surface area contributed by atoms with Gasteiger partial charge in [-0.15, -0.1) is 106 Å². The largest absolute Gasteiger partial charge is 3.00 e. The molecule has 0 saturated carbocycles. The second kappa shape index (κ2) is 13.9. The summed E-state index contributed by atoms with van der Waals surface area (Å²) in [5.41, 5.74) is 14.7. The maximum absolute atomic E-state index is 4.61. The van der Waals surface area contributed by atoms with Crippen LogP contribution in [0.25, 0.3) is 66.1 Å². The van der Waals surface area contributed by atoms with Crippen molar-refractivity contribution >= 4 is 32.3 Å². The second-order valence-electron chi connectivity index (χ2n) is 16.9. The summed E-state index contributed by atoms with van der Waals surface area (Å²) >= 11 is 0. The number of hydrogen-bond donors (Lipinski definition) is 0. The fourth-order valence-electron chi connectivity index (χ4n) is 9.72. The van der Waals surface area contributed by atoms with Crippen molar-refractivity contribution in [1.82, 2.24) is 15.0 Å². The minimum Gasteiger partial charge on any atom is -0.304 e. The number of hydrogen-bond acceptors (Lipinski definition) is 3. The van der Waals surface area contributed by atoms with Crippen LogP contribution in [0.15, 0.2) is 146 Å². The smallest absolute Gasteiger partial charge is 0.304 e. The Hall–Kier alpha value is -5.80. The van der Waals surface area contributed by atoms with Gasteiger partial charge in [-0.2, -0.15) is 0 Å². The number of aromatic nitrogens is 3. The van der Waals surface area contributed by atoms with Crippen LogP contribution in [-0.2, 0) is 36.4 Å². The van der Waals surface area contributed by atoms with Crippen molar-refractivity contribution in [3.8, 4) is 33.8 Å². The Morgan fingerprint density at radius 3 is 0.914 bits per heavy atom. The zero-order chi connectivity index (χ0) is 39.1. The summed E-state index contributed by atoms with van der Waals surface area (Å²) in [6.45, 7) is 13.7. The van der Waals surface area contributed by atoms with E-state index in [9.17, 15) is 0 Å². The van der Waals surface area contributed by atoms with Crippen molar-refractivity contribution in [3.05, 3.63) is 198 Å². The van der Waals surface area contributed by atoms with Gasteiger partial charge in [-0.05, 0) is 101 Å². The molecule has 0 radical (unpaired) electrons. The van der Waals surface area contributed by atoms with E-state index in [4.69, 9.17) is 0 Å². The predicted octanol–water partition coefficient (Wildman–Crippen LogP) is 13.0. The maximum atomic E-state index is 4.61. The third kappa shape index (κ3) is 5.61. The third-order valence-corrected chi connectivity index (χ3v) is 12.7. The first kappa shape index (κ1) is 37.8. The van der Waals surface area contributed by atoms with Crippen LogP contribution in [0.5, 0.6) is 0 Å². The van der Waals surface area contributed by atoms with Gasteiger partial charge in [0, 0.05) is 18.6 Å². The van der Waals surface area contributed by atoms with Crippen molar-refractivity contribution in [2.45, 2.75) is 57.8 Å². The van der Waals surface area contributed by atoms with Gasteiger partial charge in [0.25, 0.3) is 0 Å². The topological polar surface area (TPSA) is 38.7 Å². The minimum absolute atomic E-state index is 0. The van der Waals surface area contributed by atoms with Gasteiger partial charge in [0.05, 0.1) is 0 Å². The molecule has 0 unspecified atom stereocenters. The van der Waals surface area contributed by atoms with E-state index in [1.165, 1.54) is 65.7 Å². The van der Waals surface area contributed by atoms with E-state index in [-0.39, 0.29) is 36.4 Å². The van der Waals surface area contributed by atoms with Crippen LogP contribution in [0.1, 0.15) is 74.9 Å². The van der Waals surface area contributed by atoms with Crippen molar-refractivity contribution in [3.63, 3.8) is 0 Å². The molecular weight excluding hydrogens is 883 g/mol. The molecule has 4 heteroatoms. The van der Waals surface area contributed by atoms with E-state index in [1.54, 1.807) is 0 Å². The van der Waals surface area contributed by atoms with Gasteiger partial charge in [0.15, 0.2) is 0 Å². The van der Waals surface area contributed by atoms with E-state index in [2.05, 4.69) is 184 Å². The zero-order valence-corrected chi connectivity index (χ0v) is 35.9. The Kier molecular flexibility index (Phi) is 9.08. The monoisotopic (exact) mass is 925 g/mol. The fraction of sp³-hybridized carbons (Fsp3) is 0.167. The molecule has 58 heavy (non-hydrogen) atoms. The van der Waals surface area contributed by atoms with Gasteiger partial charge in [0.1, 0.15) is 0 Å². The van der Waals surface area contributed by atoms with Gasteiger partial charge >= 0.3 is 20.1 Å². The molecule has 0 bridgehead atoms. The van der Waals surface area contributed by atoms with E-state index in [0.717, 1.165) is 33.8 Å². The van der Waals surface area contributed by atoms with Gasteiger partial charge < -0.3 is 15.0 Å². The Morgan fingerprint density at radius 1 is 0.345 bits per heavy atom. The molecule has 3 aliphatic carbocycles. The third-order valence-electron chi connectivity index (χ3n) is 12.7. The number of fused-ring (bicyclic) bond motifs is 6. The zero-order valence-electron chi connectivity index (χ0n) is 33.5. The molecule has 3 heterocycles. The molecule has 3 aliphatic rings. The molecule has 9 aromatic rings. The molecule has 0 fully saturated rings. The van der Waals surface area contributed by atoms with Crippen LogP contribution in [0.3, 0.4) is 0 Å². The molecule has 0 spiro atoms. The average Bonchev–Trinajstić information content (AvgIpc) is 3.24. The molecule has 3 nitrogen and oxygen atoms in total. The molecule has 12 rings (SSSR count). The number of nitrogens with zero attached hydrogens (tertiary/aromatic N) is 3. The molecule has 0 amide bonds. The number of benzene rings is 6. The van der Waals surface area contributed by atoms with Crippen LogP contribution < -0.4 is 0 Å². The summed E-state index contributed by atoms with van der Waals surface area (Å²) in [5, 5.41) is 7.63. The number of rotatable bonds is 0. The SMILES string of the molecule is CC1(C)c2ccc[c-]c2-c2nccc3cccc1c23.CC1(C)c2ccc[c-]c2-c2nccc3cccc1c23.CC1(C)c2ccc[c-]c2-c2nccc3cccc1c23.[Ir+3]. The Bertz CT molecular complexity index is 2720. The Balaban J connectivity index is 0.000000112. The summed E-state index contributed by atoms with van der Waals surface area (Å²) in [6, 6.07) is 54.7. The average molecular weight is 925 g/mol. The summed E-state index contributed by atoms with van der Waals surface area (Å²) in [4.78, 5) is 13.8. The second-order valence-corrected chi connectivity index (χ2v) is 16.9. The molecule has 0 saturated heterocycles. The first-order chi connectivity index (χ1) is 27.6. The van der Waals surface area contributed by atoms with E-state index in [0.29, 0.717) is 0 Å². The standard InChI is InChI=1S/3C18H14N.Ir/c3*1-18(2)14-8-4-3-7-13(14)17-16-12(10-11-19-17)6-5-9-15(16)18;/h3*3-6,8-11H,1-2H3;/q3*-1;+3. The summed E-state index contributed by atoms with van der Waals surface area (Å²) in [7, 11) is 0. The molecule has 6 aromatic carbocycles. The van der Waals surface area contributed by atoms with E-state index in [1.807, 2.05) is 36.8 Å². The van der Waals surface area contributed by atoms with E-state index < -0.39 is 0 Å². The van der Waals surface area contributed by atoms with Crippen molar-refractivity contribution in [2.75, 3.05) is 0 Å². The first-order valence-corrected chi connectivity index (χ1v) is 19.8. The fourth-order valence-corrected chi connectivity index (χ4v) is 9.72. The van der Waals surface area contributed by atoms with Crippen LogP contribution in [0, 0.1) is 18.2 Å². The Morgan fingerprint density at radius 2 is 0.621 bits per heavy atom. The maximum Gasteiger partial charge on any atom is 3.00 e. The normalized spacial score (nSPS) is 15.0. The van der Waals surface area contributed by atoms with Gasteiger partial charge in [-0.3, -0.25) is 0 Å². The summed E-state index contributed by atoms with van der Waals surface area (Å²) < 4.78 is 0. The summed E-state index contributed by atoms with van der Waals surface area (Å²) in [6.07, 6.45) is 5.68. The van der Waals surface area contributed by atoms with Crippen LogP contribution in [-0.4, -0.2) is 15.0 Å². The van der Waals surface area contributed by atoms with Crippen molar-refractivity contribution in [2.24, 2.45) is 0 Å². The number of pyridine rings is 3. The molecular formula is C54H42IrN3. The van der Waals surface area contributed by atoms with Crippen molar-refractivity contribution in [1.29, 1.82) is 0 Å². The van der Waals surface area contributed by atoms with Crippen LogP contribution in [0.2, 0.25) is 0 Å². The van der Waals surface area contributed by atoms with Crippen LogP contribution in [0.4, 0.5) is 0 Å². The molecule has 0 N–H and O–H groups in total. The quantitative estimate of drug-likeness (QED) is 0.142. The molecule has 0 atom stereocenters.